The average Bonchev–Trinajstić information content (AvgIpc) is 2.79. The molecule has 7 heteroatoms. The molecule has 4 atom stereocenters. The van der Waals surface area contributed by atoms with Gasteiger partial charge in [0.2, 0.25) is 11.8 Å². The molecular weight excluding hydrogens is 456 g/mol. The van der Waals surface area contributed by atoms with Crippen molar-refractivity contribution < 1.29 is 9.59 Å². The summed E-state index contributed by atoms with van der Waals surface area (Å²) in [7, 11) is 3.44. The number of hydrogen-bond donors (Lipinski definition) is 3. The normalized spacial score (nSPS) is 20.1. The molecule has 2 rings (SSSR count). The third-order valence-electron chi connectivity index (χ3n) is 6.95. The van der Waals surface area contributed by atoms with Crippen LogP contribution in [0.2, 0.25) is 0 Å². The minimum atomic E-state index is -0.547. The second-order valence-corrected chi connectivity index (χ2v) is 12.0. The Kier molecular flexibility index (Phi) is 11.2. The van der Waals surface area contributed by atoms with Crippen LogP contribution in [0.1, 0.15) is 72.3 Å². The smallest absolute Gasteiger partial charge is 0.244 e. The number of nitrogens with one attached hydrogen (secondary N) is 3. The second kappa shape index (κ2) is 13.4. The van der Waals surface area contributed by atoms with Crippen LogP contribution < -0.4 is 16.0 Å². The molecule has 1 aromatic carbocycles. The van der Waals surface area contributed by atoms with E-state index in [4.69, 9.17) is 12.2 Å². The van der Waals surface area contributed by atoms with Gasteiger partial charge in [0.05, 0.1) is 4.99 Å². The maximum atomic E-state index is 13.4. The van der Waals surface area contributed by atoms with Gasteiger partial charge in [0, 0.05) is 45.1 Å². The molecule has 3 N–H and O–H groups in total. The summed E-state index contributed by atoms with van der Waals surface area (Å²) in [5, 5.41) is 10.3. The van der Waals surface area contributed by atoms with Gasteiger partial charge < -0.3 is 20.9 Å². The number of likely N-dealkylation sites (N-methyl/N-ethyl adjacent to an activating group) is 1. The van der Waals surface area contributed by atoms with Gasteiger partial charge >= 0.3 is 0 Å². The van der Waals surface area contributed by atoms with Crippen LogP contribution >= 0.6 is 12.2 Å². The molecule has 0 unspecified atom stereocenters. The summed E-state index contributed by atoms with van der Waals surface area (Å²) in [6.07, 6.45) is 5.02. The Bertz CT molecular complexity index is 835. The molecule has 6 nitrogen and oxygen atoms in total. The maximum absolute atomic E-state index is 13.4. The molecule has 35 heavy (non-hydrogen) atoms. The maximum Gasteiger partial charge on any atom is 0.244 e. The van der Waals surface area contributed by atoms with Crippen LogP contribution in [0.15, 0.2) is 30.3 Å². The number of thiocarbonyl (C=S) groups is 1. The molecule has 1 aliphatic rings. The number of amides is 2. The molecule has 0 saturated heterocycles. The first-order valence-electron chi connectivity index (χ1n) is 13.0. The lowest BCUT2D eigenvalue weighted by atomic mass is 9.77. The monoisotopic (exact) mass is 502 g/mol. The fourth-order valence-electron chi connectivity index (χ4n) is 4.68. The zero-order valence-corrected chi connectivity index (χ0v) is 23.5. The van der Waals surface area contributed by atoms with Crippen molar-refractivity contribution in [1.82, 2.24) is 20.9 Å². The Balaban J connectivity index is 2.03. The van der Waals surface area contributed by atoms with Crippen molar-refractivity contribution in [3.8, 4) is 0 Å². The Hall–Kier alpha value is -1.99. The summed E-state index contributed by atoms with van der Waals surface area (Å²) in [5.41, 5.74) is 0.978. The number of rotatable bonds is 10. The van der Waals surface area contributed by atoms with E-state index in [-0.39, 0.29) is 35.1 Å². The zero-order valence-electron chi connectivity index (χ0n) is 22.7. The third kappa shape index (κ3) is 9.19. The van der Waals surface area contributed by atoms with Crippen molar-refractivity contribution >= 4 is 29.0 Å². The van der Waals surface area contributed by atoms with E-state index in [1.165, 1.54) is 23.3 Å². The predicted molar refractivity (Wildman–Crippen MR) is 148 cm³/mol. The number of carbonyl (C=O) groups is 2. The Morgan fingerprint density at radius 2 is 1.66 bits per heavy atom. The number of carbonyl (C=O) groups excluding carboxylic acids is 2. The first-order chi connectivity index (χ1) is 16.4. The highest BCUT2D eigenvalue weighted by Gasteiger charge is 2.36. The summed E-state index contributed by atoms with van der Waals surface area (Å²) >= 11 is 5.79. The molecule has 196 valence electrons. The quantitative estimate of drug-likeness (QED) is 0.417. The minimum Gasteiger partial charge on any atom is -0.375 e. The third-order valence-corrected chi connectivity index (χ3v) is 7.23. The van der Waals surface area contributed by atoms with Crippen LogP contribution in [0, 0.1) is 17.3 Å². The van der Waals surface area contributed by atoms with E-state index in [0.717, 1.165) is 24.4 Å². The van der Waals surface area contributed by atoms with E-state index >= 15 is 0 Å². The molecule has 0 aliphatic heterocycles. The Labute approximate surface area is 218 Å². The van der Waals surface area contributed by atoms with Gasteiger partial charge in [-0.3, -0.25) is 9.59 Å². The van der Waals surface area contributed by atoms with Gasteiger partial charge in [-0.15, -0.1) is 0 Å². The van der Waals surface area contributed by atoms with Crippen molar-refractivity contribution in [3.05, 3.63) is 35.9 Å². The summed E-state index contributed by atoms with van der Waals surface area (Å²) in [4.78, 5) is 28.3. The van der Waals surface area contributed by atoms with E-state index in [1.54, 1.807) is 14.1 Å². The molecule has 2 amide bonds. The van der Waals surface area contributed by atoms with Gasteiger partial charge in [0.1, 0.15) is 6.04 Å². The van der Waals surface area contributed by atoms with Crippen molar-refractivity contribution in [3.63, 3.8) is 0 Å². The second-order valence-electron chi connectivity index (χ2n) is 11.5. The van der Waals surface area contributed by atoms with Crippen molar-refractivity contribution in [1.29, 1.82) is 0 Å². The number of nitrogens with zero attached hydrogens (tertiary/aromatic N) is 1. The van der Waals surface area contributed by atoms with Crippen LogP contribution in [-0.2, 0) is 16.1 Å². The van der Waals surface area contributed by atoms with Crippen LogP contribution in [0.5, 0.6) is 0 Å². The summed E-state index contributed by atoms with van der Waals surface area (Å²) < 4.78 is 0. The predicted octanol–water partition coefficient (Wildman–Crippen LogP) is 4.29. The van der Waals surface area contributed by atoms with Crippen LogP contribution in [-0.4, -0.2) is 53.9 Å². The van der Waals surface area contributed by atoms with E-state index < -0.39 is 6.04 Å². The first kappa shape index (κ1) is 29.2. The molecule has 0 bridgehead atoms. The lowest BCUT2D eigenvalue weighted by molar-refractivity contribution is -0.138. The summed E-state index contributed by atoms with van der Waals surface area (Å²) in [5.74, 6) is -0.537. The van der Waals surface area contributed by atoms with Gasteiger partial charge in [-0.2, -0.15) is 0 Å². The van der Waals surface area contributed by atoms with Gasteiger partial charge in [-0.05, 0) is 29.7 Å². The van der Waals surface area contributed by atoms with Gasteiger partial charge in [0.25, 0.3) is 0 Å². The highest BCUT2D eigenvalue weighted by molar-refractivity contribution is 7.80. The standard InChI is InChI=1S/C28H46N4O2S/c1-19(2)25(27(34)32(6)7)31-26(33)21(28(3,4)5)17-24(35)30-23-16-12-11-15-22(23)29-18-20-13-9-8-10-14-20/h8-10,13-14,19,21-23,25,29H,11-12,15-18H2,1-7H3,(H,30,35)(H,31,33)/t21-,22-,23-,25+/m1/s1. The SMILES string of the molecule is CC(C)[C@H](NC(=O)[C@@H](CC(=S)N[C@@H]1CCCC[C@H]1NCc1ccccc1)C(C)(C)C)C(=O)N(C)C. The van der Waals surface area contributed by atoms with Gasteiger partial charge in [-0.1, -0.05) is 90.0 Å². The van der Waals surface area contributed by atoms with Gasteiger partial charge in [0.15, 0.2) is 0 Å². The fourth-order valence-corrected chi connectivity index (χ4v) is 5.00. The molecular formula is C28H46N4O2S. The Morgan fingerprint density at radius 3 is 2.20 bits per heavy atom. The van der Waals surface area contributed by atoms with Crippen molar-refractivity contribution in [2.45, 2.75) is 91.4 Å². The highest BCUT2D eigenvalue weighted by atomic mass is 32.1. The highest BCUT2D eigenvalue weighted by Crippen LogP contribution is 2.30. The molecule has 1 saturated carbocycles. The molecule has 1 fully saturated rings. The van der Waals surface area contributed by atoms with Crippen LogP contribution in [0.4, 0.5) is 0 Å². The minimum absolute atomic E-state index is 0.00164. The molecule has 0 spiro atoms. The topological polar surface area (TPSA) is 73.5 Å². The Morgan fingerprint density at radius 1 is 1.06 bits per heavy atom. The molecule has 0 heterocycles. The lowest BCUT2D eigenvalue weighted by Crippen LogP contribution is -2.54. The van der Waals surface area contributed by atoms with E-state index in [1.807, 2.05) is 19.9 Å². The van der Waals surface area contributed by atoms with Crippen LogP contribution in [0.3, 0.4) is 0 Å². The van der Waals surface area contributed by atoms with E-state index in [9.17, 15) is 9.59 Å². The van der Waals surface area contributed by atoms with Gasteiger partial charge in [-0.25, -0.2) is 0 Å². The summed E-state index contributed by atoms with van der Waals surface area (Å²) in [6.45, 7) is 10.9. The van der Waals surface area contributed by atoms with E-state index in [2.05, 4.69) is 61.0 Å². The fraction of sp³-hybridized carbons (Fsp3) is 0.679. The molecule has 1 aromatic rings. The first-order valence-corrected chi connectivity index (χ1v) is 13.4. The van der Waals surface area contributed by atoms with Crippen molar-refractivity contribution in [2.24, 2.45) is 17.3 Å². The zero-order chi connectivity index (χ0) is 26.2. The number of benzene rings is 1. The number of hydrogen-bond acceptors (Lipinski definition) is 4. The molecule has 1 aliphatic carbocycles. The van der Waals surface area contributed by atoms with Crippen molar-refractivity contribution in [2.75, 3.05) is 14.1 Å². The summed E-state index contributed by atoms with van der Waals surface area (Å²) in [6, 6.07) is 10.5. The van der Waals surface area contributed by atoms with Crippen LogP contribution in [0.25, 0.3) is 0 Å². The van der Waals surface area contributed by atoms with E-state index in [0.29, 0.717) is 12.5 Å². The molecule has 0 aromatic heterocycles. The lowest BCUT2D eigenvalue weighted by Gasteiger charge is -2.36. The largest absolute Gasteiger partial charge is 0.375 e. The average molecular weight is 503 g/mol. The molecule has 0 radical (unpaired) electrons.